The maximum atomic E-state index is 9.73. The van der Waals surface area contributed by atoms with Gasteiger partial charge < -0.3 is 5.11 Å². The summed E-state index contributed by atoms with van der Waals surface area (Å²) in [4.78, 5) is 7.88. The van der Waals surface area contributed by atoms with Gasteiger partial charge in [-0.1, -0.05) is 30.3 Å². The highest BCUT2D eigenvalue weighted by atomic mass is 16.3. The first-order valence-corrected chi connectivity index (χ1v) is 4.58. The zero-order chi connectivity index (χ0) is 10.5. The van der Waals surface area contributed by atoms with Crippen LogP contribution in [-0.2, 0) is 0 Å². The van der Waals surface area contributed by atoms with Gasteiger partial charge in [0.25, 0.3) is 0 Å². The van der Waals surface area contributed by atoms with E-state index in [9.17, 15) is 5.11 Å². The zero-order valence-corrected chi connectivity index (χ0v) is 8.04. The van der Waals surface area contributed by atoms with Crippen LogP contribution in [0.5, 0.6) is 0 Å². The Kier molecular flexibility index (Phi) is 2.74. The second-order valence-electron chi connectivity index (χ2n) is 3.03. The molecule has 1 N–H and O–H groups in total. The van der Waals surface area contributed by atoms with Crippen molar-refractivity contribution >= 4 is 11.8 Å². The van der Waals surface area contributed by atoms with Crippen molar-refractivity contribution < 1.29 is 5.11 Å². The summed E-state index contributed by atoms with van der Waals surface area (Å²) in [7, 11) is 0. The van der Waals surface area contributed by atoms with Crippen LogP contribution in [0.3, 0.4) is 0 Å². The highest BCUT2D eigenvalue weighted by Gasteiger charge is 1.99. The van der Waals surface area contributed by atoms with E-state index in [0.29, 0.717) is 5.69 Å². The number of hydrogen-bond acceptors (Lipinski definition) is 3. The summed E-state index contributed by atoms with van der Waals surface area (Å²) >= 11 is 0. The van der Waals surface area contributed by atoms with E-state index in [1.165, 1.54) is 6.20 Å². The van der Waals surface area contributed by atoms with E-state index in [2.05, 4.69) is 9.97 Å². The minimum Gasteiger partial charge on any atom is -0.506 e. The molecule has 1 heterocycles. The SMILES string of the molecule is OC(=Cc1ccccc1)c1cnccn1. The fourth-order valence-electron chi connectivity index (χ4n) is 1.21. The molecule has 0 radical (unpaired) electrons. The van der Waals surface area contributed by atoms with Gasteiger partial charge in [-0.15, -0.1) is 0 Å². The van der Waals surface area contributed by atoms with Crippen LogP contribution in [0.2, 0.25) is 0 Å². The number of nitrogens with zero attached hydrogens (tertiary/aromatic N) is 2. The Morgan fingerprint density at radius 1 is 1.13 bits per heavy atom. The quantitative estimate of drug-likeness (QED) is 0.754. The molecule has 0 saturated heterocycles. The third-order valence-electron chi connectivity index (χ3n) is 1.93. The predicted molar refractivity (Wildman–Crippen MR) is 59.0 cm³/mol. The molecular weight excluding hydrogens is 188 g/mol. The molecule has 2 rings (SSSR count). The maximum Gasteiger partial charge on any atom is 0.143 e. The molecule has 1 aromatic carbocycles. The van der Waals surface area contributed by atoms with Crippen LogP contribution in [0, 0.1) is 0 Å². The molecule has 2 aromatic rings. The number of benzene rings is 1. The van der Waals surface area contributed by atoms with Crippen molar-refractivity contribution in [2.75, 3.05) is 0 Å². The van der Waals surface area contributed by atoms with E-state index in [1.54, 1.807) is 18.5 Å². The first kappa shape index (κ1) is 9.40. The Balaban J connectivity index is 2.29. The van der Waals surface area contributed by atoms with Crippen molar-refractivity contribution in [1.82, 2.24) is 9.97 Å². The number of rotatable bonds is 2. The van der Waals surface area contributed by atoms with Crippen LogP contribution in [0.4, 0.5) is 0 Å². The minimum absolute atomic E-state index is 0.120. The summed E-state index contributed by atoms with van der Waals surface area (Å²) in [6.07, 6.45) is 6.29. The highest BCUT2D eigenvalue weighted by Crippen LogP contribution is 2.11. The molecular formula is C12H10N2O. The van der Waals surface area contributed by atoms with Gasteiger partial charge in [0.2, 0.25) is 0 Å². The van der Waals surface area contributed by atoms with Crippen LogP contribution < -0.4 is 0 Å². The average molecular weight is 198 g/mol. The topological polar surface area (TPSA) is 46.0 Å². The third kappa shape index (κ3) is 2.40. The minimum atomic E-state index is 0.120. The van der Waals surface area contributed by atoms with E-state index in [0.717, 1.165) is 5.56 Å². The van der Waals surface area contributed by atoms with Gasteiger partial charge in [0.15, 0.2) is 0 Å². The van der Waals surface area contributed by atoms with Gasteiger partial charge in [-0.05, 0) is 11.6 Å². The molecule has 0 fully saturated rings. The van der Waals surface area contributed by atoms with Gasteiger partial charge in [0.05, 0.1) is 6.20 Å². The van der Waals surface area contributed by atoms with E-state index in [-0.39, 0.29) is 5.76 Å². The van der Waals surface area contributed by atoms with Crippen LogP contribution >= 0.6 is 0 Å². The first-order valence-electron chi connectivity index (χ1n) is 4.58. The molecule has 0 atom stereocenters. The number of aliphatic hydroxyl groups excluding tert-OH is 1. The molecule has 0 aliphatic carbocycles. The summed E-state index contributed by atoms with van der Waals surface area (Å²) in [5.74, 6) is 0.120. The number of aromatic nitrogens is 2. The monoisotopic (exact) mass is 198 g/mol. The number of aliphatic hydroxyl groups is 1. The van der Waals surface area contributed by atoms with Gasteiger partial charge in [-0.3, -0.25) is 4.98 Å². The van der Waals surface area contributed by atoms with Gasteiger partial charge >= 0.3 is 0 Å². The smallest absolute Gasteiger partial charge is 0.143 e. The van der Waals surface area contributed by atoms with Crippen molar-refractivity contribution in [3.8, 4) is 0 Å². The van der Waals surface area contributed by atoms with Crippen LogP contribution in [0.25, 0.3) is 11.8 Å². The molecule has 0 saturated carbocycles. The van der Waals surface area contributed by atoms with Crippen LogP contribution in [-0.4, -0.2) is 15.1 Å². The molecule has 74 valence electrons. The summed E-state index contributed by atoms with van der Waals surface area (Å²) in [5.41, 5.74) is 1.40. The molecule has 1 aromatic heterocycles. The maximum absolute atomic E-state index is 9.73. The molecule has 0 aliphatic rings. The largest absolute Gasteiger partial charge is 0.506 e. The Morgan fingerprint density at radius 3 is 2.60 bits per heavy atom. The van der Waals surface area contributed by atoms with Gasteiger partial charge in [-0.2, -0.15) is 0 Å². The lowest BCUT2D eigenvalue weighted by atomic mass is 10.2. The average Bonchev–Trinajstić information content (AvgIpc) is 2.31. The molecule has 15 heavy (non-hydrogen) atoms. The highest BCUT2D eigenvalue weighted by molar-refractivity contribution is 5.74. The molecule has 0 bridgehead atoms. The zero-order valence-electron chi connectivity index (χ0n) is 8.04. The Labute approximate surface area is 87.8 Å². The van der Waals surface area contributed by atoms with Gasteiger partial charge in [-0.25, -0.2) is 4.98 Å². The molecule has 0 amide bonds. The standard InChI is InChI=1S/C12H10N2O/c15-12(11-9-13-6-7-14-11)8-10-4-2-1-3-5-10/h1-9,15H. The molecule has 3 heteroatoms. The molecule has 0 spiro atoms. The van der Waals surface area contributed by atoms with E-state index >= 15 is 0 Å². The molecule has 0 unspecified atom stereocenters. The van der Waals surface area contributed by atoms with Crippen molar-refractivity contribution in [2.24, 2.45) is 0 Å². The van der Waals surface area contributed by atoms with Gasteiger partial charge in [0, 0.05) is 12.4 Å². The van der Waals surface area contributed by atoms with Crippen molar-refractivity contribution in [3.05, 3.63) is 60.2 Å². The lowest BCUT2D eigenvalue weighted by Crippen LogP contribution is -1.88. The van der Waals surface area contributed by atoms with E-state index in [4.69, 9.17) is 0 Å². The molecule has 3 nitrogen and oxygen atoms in total. The van der Waals surface area contributed by atoms with E-state index < -0.39 is 0 Å². The Morgan fingerprint density at radius 2 is 1.93 bits per heavy atom. The van der Waals surface area contributed by atoms with Crippen molar-refractivity contribution in [1.29, 1.82) is 0 Å². The van der Waals surface area contributed by atoms with Crippen molar-refractivity contribution in [2.45, 2.75) is 0 Å². The summed E-state index contributed by atoms with van der Waals surface area (Å²) < 4.78 is 0. The third-order valence-corrected chi connectivity index (χ3v) is 1.93. The second kappa shape index (κ2) is 4.37. The lowest BCUT2D eigenvalue weighted by Gasteiger charge is -1.98. The molecule has 0 aliphatic heterocycles. The summed E-state index contributed by atoms with van der Waals surface area (Å²) in [6, 6.07) is 9.57. The fourth-order valence-corrected chi connectivity index (χ4v) is 1.21. The van der Waals surface area contributed by atoms with Crippen molar-refractivity contribution in [3.63, 3.8) is 0 Å². The normalized spacial score (nSPS) is 11.3. The van der Waals surface area contributed by atoms with Crippen LogP contribution in [0.1, 0.15) is 11.3 Å². The lowest BCUT2D eigenvalue weighted by molar-refractivity contribution is 0.511. The second-order valence-corrected chi connectivity index (χ2v) is 3.03. The predicted octanol–water partition coefficient (Wildman–Crippen LogP) is 2.53. The fraction of sp³-hybridized carbons (Fsp3) is 0. The Bertz CT molecular complexity index is 452. The summed E-state index contributed by atoms with van der Waals surface area (Å²) in [6.45, 7) is 0. The summed E-state index contributed by atoms with van der Waals surface area (Å²) in [5, 5.41) is 9.73. The Hall–Kier alpha value is -2.16. The first-order chi connectivity index (χ1) is 7.36. The number of hydrogen-bond donors (Lipinski definition) is 1. The van der Waals surface area contributed by atoms with E-state index in [1.807, 2.05) is 30.3 Å². The van der Waals surface area contributed by atoms with Crippen LogP contribution in [0.15, 0.2) is 48.9 Å². The van der Waals surface area contributed by atoms with Gasteiger partial charge in [0.1, 0.15) is 11.5 Å².